The molecule has 1 aromatic rings. The number of unbranched alkanes of at least 4 members (excludes halogenated alkanes) is 3. The third-order valence-electron chi connectivity index (χ3n) is 2.35. The largest absolute Gasteiger partial charge is 0.365 e. The Balaban J connectivity index is 2.20. The van der Waals surface area contributed by atoms with Crippen LogP contribution in [0.3, 0.4) is 0 Å². The van der Waals surface area contributed by atoms with Crippen molar-refractivity contribution in [2.75, 3.05) is 0 Å². The molecule has 0 aliphatic carbocycles. The summed E-state index contributed by atoms with van der Waals surface area (Å²) < 4.78 is 0. The lowest BCUT2D eigenvalue weighted by Gasteiger charge is -1.99. The van der Waals surface area contributed by atoms with Crippen molar-refractivity contribution in [2.45, 2.75) is 46.0 Å². The van der Waals surface area contributed by atoms with E-state index in [1.165, 1.54) is 43.4 Å². The average molecular weight is 165 g/mol. The lowest BCUT2D eigenvalue weighted by molar-refractivity contribution is 0.661. The Morgan fingerprint density at radius 2 is 2.08 bits per heavy atom. The fourth-order valence-electron chi connectivity index (χ4n) is 1.48. The van der Waals surface area contributed by atoms with Crippen LogP contribution in [0.5, 0.6) is 0 Å². The van der Waals surface area contributed by atoms with Gasteiger partial charge in [-0.05, 0) is 31.4 Å². The molecule has 68 valence electrons. The summed E-state index contributed by atoms with van der Waals surface area (Å²) in [7, 11) is 0. The molecule has 0 fully saturated rings. The van der Waals surface area contributed by atoms with E-state index in [0.29, 0.717) is 0 Å². The summed E-state index contributed by atoms with van der Waals surface area (Å²) in [6.45, 7) is 4.42. The van der Waals surface area contributed by atoms with E-state index in [1.54, 1.807) is 0 Å². The molecule has 0 unspecified atom stereocenters. The van der Waals surface area contributed by atoms with Gasteiger partial charge in [0.1, 0.15) is 0 Å². The van der Waals surface area contributed by atoms with E-state index < -0.39 is 0 Å². The van der Waals surface area contributed by atoms with Crippen LogP contribution in [0, 0.1) is 6.92 Å². The smallest absolute Gasteiger partial charge is 0.0176 e. The van der Waals surface area contributed by atoms with E-state index >= 15 is 0 Å². The zero-order valence-corrected chi connectivity index (χ0v) is 8.19. The van der Waals surface area contributed by atoms with E-state index in [4.69, 9.17) is 0 Å². The minimum absolute atomic E-state index is 1.22. The molecule has 0 aliphatic rings. The molecule has 1 rings (SSSR count). The van der Waals surface area contributed by atoms with Gasteiger partial charge in [0.05, 0.1) is 0 Å². The molecule has 1 N–H and O–H groups in total. The van der Waals surface area contributed by atoms with Crippen LogP contribution >= 0.6 is 0 Å². The number of aromatic amines is 1. The van der Waals surface area contributed by atoms with Crippen LogP contribution in [0.15, 0.2) is 12.3 Å². The predicted molar refractivity (Wildman–Crippen MR) is 53.4 cm³/mol. The van der Waals surface area contributed by atoms with Crippen molar-refractivity contribution in [1.82, 2.24) is 4.98 Å². The van der Waals surface area contributed by atoms with Crippen molar-refractivity contribution in [3.63, 3.8) is 0 Å². The average Bonchev–Trinajstić information content (AvgIpc) is 2.46. The lowest BCUT2D eigenvalue weighted by atomic mass is 10.1. The van der Waals surface area contributed by atoms with Gasteiger partial charge in [-0.1, -0.05) is 26.2 Å². The fraction of sp³-hybridized carbons (Fsp3) is 0.636. The molecule has 0 aliphatic heterocycles. The van der Waals surface area contributed by atoms with Gasteiger partial charge in [0, 0.05) is 11.9 Å². The number of hydrogen-bond donors (Lipinski definition) is 1. The first-order valence-electron chi connectivity index (χ1n) is 4.97. The van der Waals surface area contributed by atoms with E-state index in [1.807, 2.05) is 6.20 Å². The quantitative estimate of drug-likeness (QED) is 0.643. The molecule has 0 aromatic carbocycles. The van der Waals surface area contributed by atoms with E-state index in [2.05, 4.69) is 24.9 Å². The summed E-state index contributed by atoms with van der Waals surface area (Å²) >= 11 is 0. The van der Waals surface area contributed by atoms with Crippen molar-refractivity contribution in [3.05, 3.63) is 23.5 Å². The first-order chi connectivity index (χ1) is 5.84. The van der Waals surface area contributed by atoms with Crippen molar-refractivity contribution in [2.24, 2.45) is 0 Å². The summed E-state index contributed by atoms with van der Waals surface area (Å²) in [4.78, 5) is 3.28. The minimum atomic E-state index is 1.22. The maximum atomic E-state index is 3.28. The molecule has 0 amide bonds. The number of hydrogen-bond acceptors (Lipinski definition) is 0. The molecule has 0 saturated carbocycles. The zero-order valence-electron chi connectivity index (χ0n) is 8.19. The van der Waals surface area contributed by atoms with Gasteiger partial charge in [-0.15, -0.1) is 0 Å². The molecule has 12 heavy (non-hydrogen) atoms. The fourth-order valence-corrected chi connectivity index (χ4v) is 1.48. The molecule has 1 aromatic heterocycles. The van der Waals surface area contributed by atoms with Crippen molar-refractivity contribution < 1.29 is 0 Å². The molecule has 1 nitrogen and oxygen atoms in total. The highest BCUT2D eigenvalue weighted by Crippen LogP contribution is 2.09. The second kappa shape index (κ2) is 5.02. The highest BCUT2D eigenvalue weighted by Gasteiger charge is 1.97. The molecule has 1 heteroatoms. The predicted octanol–water partition coefficient (Wildman–Crippen LogP) is 3.45. The second-order valence-electron chi connectivity index (χ2n) is 3.45. The van der Waals surface area contributed by atoms with Gasteiger partial charge < -0.3 is 4.98 Å². The van der Waals surface area contributed by atoms with Gasteiger partial charge in [-0.3, -0.25) is 0 Å². The topological polar surface area (TPSA) is 15.8 Å². The Hall–Kier alpha value is -0.720. The van der Waals surface area contributed by atoms with Crippen molar-refractivity contribution in [1.29, 1.82) is 0 Å². The lowest BCUT2D eigenvalue weighted by Crippen LogP contribution is -1.87. The van der Waals surface area contributed by atoms with Gasteiger partial charge in [0.25, 0.3) is 0 Å². The van der Waals surface area contributed by atoms with Crippen LogP contribution in [0.4, 0.5) is 0 Å². The van der Waals surface area contributed by atoms with Crippen LogP contribution in [0.2, 0.25) is 0 Å². The summed E-state index contributed by atoms with van der Waals surface area (Å²) in [6, 6.07) is 2.15. The van der Waals surface area contributed by atoms with E-state index in [-0.39, 0.29) is 0 Å². The Bertz CT molecular complexity index is 213. The number of rotatable bonds is 5. The molecule has 0 bridgehead atoms. The third kappa shape index (κ3) is 2.72. The van der Waals surface area contributed by atoms with E-state index in [9.17, 15) is 0 Å². The van der Waals surface area contributed by atoms with Gasteiger partial charge in [0.15, 0.2) is 0 Å². The normalized spacial score (nSPS) is 10.5. The van der Waals surface area contributed by atoms with Crippen LogP contribution in [-0.2, 0) is 6.42 Å². The summed E-state index contributed by atoms with van der Waals surface area (Å²) in [6.07, 6.45) is 8.65. The van der Waals surface area contributed by atoms with Gasteiger partial charge in [0.2, 0.25) is 0 Å². The number of H-pyrrole nitrogens is 1. The first-order valence-corrected chi connectivity index (χ1v) is 4.97. The number of nitrogens with one attached hydrogen (secondary N) is 1. The Kier molecular flexibility index (Phi) is 3.92. The summed E-state index contributed by atoms with van der Waals surface area (Å²) in [5.41, 5.74) is 2.83. The highest BCUT2D eigenvalue weighted by atomic mass is 14.7. The Morgan fingerprint density at radius 3 is 2.67 bits per heavy atom. The van der Waals surface area contributed by atoms with Crippen LogP contribution < -0.4 is 0 Å². The molecule has 0 radical (unpaired) electrons. The second-order valence-corrected chi connectivity index (χ2v) is 3.45. The molecule has 0 saturated heterocycles. The number of aromatic nitrogens is 1. The van der Waals surface area contributed by atoms with Crippen molar-refractivity contribution in [3.8, 4) is 0 Å². The maximum absolute atomic E-state index is 3.28. The minimum Gasteiger partial charge on any atom is -0.365 e. The van der Waals surface area contributed by atoms with Crippen LogP contribution in [-0.4, -0.2) is 4.98 Å². The standard InChI is InChI=1S/C11H19N/c1-3-4-5-6-7-11-10(2)8-9-12-11/h8-9,12H,3-7H2,1-2H3. The molecule has 0 spiro atoms. The molecular formula is C11H19N. The molecular weight excluding hydrogens is 146 g/mol. The van der Waals surface area contributed by atoms with Gasteiger partial charge >= 0.3 is 0 Å². The van der Waals surface area contributed by atoms with Gasteiger partial charge in [-0.2, -0.15) is 0 Å². The summed E-state index contributed by atoms with van der Waals surface area (Å²) in [5.74, 6) is 0. The van der Waals surface area contributed by atoms with Crippen LogP contribution in [0.1, 0.15) is 43.9 Å². The first kappa shape index (κ1) is 9.37. The third-order valence-corrected chi connectivity index (χ3v) is 2.35. The Labute approximate surface area is 75.2 Å². The van der Waals surface area contributed by atoms with Crippen molar-refractivity contribution >= 4 is 0 Å². The van der Waals surface area contributed by atoms with E-state index in [0.717, 1.165) is 0 Å². The summed E-state index contributed by atoms with van der Waals surface area (Å²) in [5, 5.41) is 0. The molecule has 1 heterocycles. The monoisotopic (exact) mass is 165 g/mol. The Morgan fingerprint density at radius 1 is 1.25 bits per heavy atom. The zero-order chi connectivity index (χ0) is 8.81. The molecule has 0 atom stereocenters. The van der Waals surface area contributed by atoms with Gasteiger partial charge in [-0.25, -0.2) is 0 Å². The maximum Gasteiger partial charge on any atom is 0.0176 e. The van der Waals surface area contributed by atoms with Crippen LogP contribution in [0.25, 0.3) is 0 Å². The highest BCUT2D eigenvalue weighted by molar-refractivity contribution is 5.18. The SMILES string of the molecule is CCCCCCc1[nH]ccc1C. The number of aryl methyl sites for hydroxylation is 2.